The number of methoxy groups -OCH3 is 3. The molecule has 18 nitrogen and oxygen atoms in total. The van der Waals surface area contributed by atoms with E-state index in [-0.39, 0.29) is 41.7 Å². The van der Waals surface area contributed by atoms with Gasteiger partial charge < -0.3 is 61.7 Å². The van der Waals surface area contributed by atoms with E-state index in [1.807, 2.05) is 133 Å². The van der Waals surface area contributed by atoms with E-state index in [1.165, 1.54) is 38.5 Å². The normalized spacial score (nSPS) is 16.7. The second-order valence-electron chi connectivity index (χ2n) is 26.5. The van der Waals surface area contributed by atoms with E-state index in [0.29, 0.717) is 100 Å². The van der Waals surface area contributed by atoms with Gasteiger partial charge in [0.15, 0.2) is 11.2 Å². The number of alkyl halides is 6. The van der Waals surface area contributed by atoms with Crippen LogP contribution in [0.3, 0.4) is 0 Å². The molecule has 9 aromatic rings. The zero-order chi connectivity index (χ0) is 72.6. The molecule has 0 unspecified atom stereocenters. The Morgan fingerprint density at radius 3 is 1.68 bits per heavy atom. The summed E-state index contributed by atoms with van der Waals surface area (Å²) in [5, 5.41) is 5.08. The van der Waals surface area contributed by atoms with Gasteiger partial charge >= 0.3 is 12.4 Å². The van der Waals surface area contributed by atoms with Gasteiger partial charge in [-0.3, -0.25) is 19.1 Å². The topological polar surface area (TPSA) is 162 Å². The first kappa shape index (κ1) is 71.5. The molecule has 25 heteroatoms. The Balaban J connectivity index is 0.000000138. The zero-order valence-electron chi connectivity index (χ0n) is 57.7. The summed E-state index contributed by atoms with van der Waals surface area (Å²) in [6.45, 7) is 6.81. The molecule has 15 rings (SSSR count). The molecule has 1 atom stereocenters. The Kier molecular flexibility index (Phi) is 20.2. The third-order valence-corrected chi connectivity index (χ3v) is 20.2. The number of amides is 3. The molecule has 3 saturated heterocycles. The van der Waals surface area contributed by atoms with E-state index in [0.717, 1.165) is 81.6 Å². The summed E-state index contributed by atoms with van der Waals surface area (Å²) >= 11 is 6.20. The number of likely N-dealkylation sites (tertiary alicyclic amines) is 3. The van der Waals surface area contributed by atoms with E-state index >= 15 is 0 Å². The van der Waals surface area contributed by atoms with Gasteiger partial charge in [0.1, 0.15) is 46.2 Å². The molecule has 6 aromatic carbocycles. The highest BCUT2D eigenvalue weighted by Gasteiger charge is 2.49. The number of para-hydroxylation sites is 3. The maximum atomic E-state index is 13.8. The number of carbonyl (C=O) groups is 3. The highest BCUT2D eigenvalue weighted by Crippen LogP contribution is 2.51. The smallest absolute Gasteiger partial charge is 0.419 e. The largest absolute Gasteiger partial charge is 0.496 e. The summed E-state index contributed by atoms with van der Waals surface area (Å²) < 4.78 is 134. The minimum absolute atomic E-state index is 0.00743. The lowest BCUT2D eigenvalue weighted by Crippen LogP contribution is -2.50. The molecular weight excluding hydrogens is 1360 g/mol. The molecule has 0 saturated carbocycles. The number of carbonyl (C=O) groups excluding carboxylic acids is 3. The first-order chi connectivity index (χ1) is 49.5. The van der Waals surface area contributed by atoms with Crippen LogP contribution in [0.5, 0.6) is 34.5 Å². The number of aromatic nitrogens is 4. The van der Waals surface area contributed by atoms with Crippen molar-refractivity contribution >= 4 is 29.3 Å². The monoisotopic (exact) mass is 1440 g/mol. The Labute approximate surface area is 597 Å². The second-order valence-corrected chi connectivity index (χ2v) is 26.9. The molecule has 3 amide bonds. The molecule has 6 aliphatic heterocycles. The van der Waals surface area contributed by atoms with Crippen LogP contribution in [0, 0.1) is 6.92 Å². The Bertz CT molecular complexity index is 4600. The molecule has 6 aliphatic rings. The number of hydrogen-bond acceptors (Lipinski definition) is 12. The fourth-order valence-corrected chi connectivity index (χ4v) is 14.9. The molecule has 0 aliphatic carbocycles. The van der Waals surface area contributed by atoms with Crippen LogP contribution in [-0.4, -0.2) is 138 Å². The van der Waals surface area contributed by atoms with Gasteiger partial charge in [0.05, 0.1) is 71.7 Å². The third kappa shape index (κ3) is 14.2. The van der Waals surface area contributed by atoms with E-state index in [2.05, 4.69) is 20.3 Å². The summed E-state index contributed by atoms with van der Waals surface area (Å²) in [5.74, 6) is 1.41. The Morgan fingerprint density at radius 2 is 1.09 bits per heavy atom. The van der Waals surface area contributed by atoms with Crippen molar-refractivity contribution in [3.8, 4) is 57.1 Å². The molecule has 3 spiro atoms. The van der Waals surface area contributed by atoms with Crippen LogP contribution in [0.4, 0.5) is 26.3 Å². The van der Waals surface area contributed by atoms with E-state index in [1.54, 1.807) is 36.0 Å². The van der Waals surface area contributed by atoms with Gasteiger partial charge in [0.25, 0.3) is 17.7 Å². The fraction of sp³-hybridized carbons (Fsp3) is 0.359. The molecule has 0 N–H and O–H groups in total. The number of fused-ring (bicyclic) bond motifs is 12. The van der Waals surface area contributed by atoms with Crippen LogP contribution in [0.15, 0.2) is 164 Å². The highest BCUT2D eigenvalue weighted by atomic mass is 35.5. The van der Waals surface area contributed by atoms with E-state index < -0.39 is 58.2 Å². The number of ether oxygens (including phenoxy) is 8. The number of halogens is 7. The first-order valence-electron chi connectivity index (χ1n) is 34.1. The van der Waals surface area contributed by atoms with Gasteiger partial charge in [-0.1, -0.05) is 47.5 Å². The number of aryl methyl sites for hydroxylation is 2. The van der Waals surface area contributed by atoms with Crippen LogP contribution in [0.25, 0.3) is 22.6 Å². The van der Waals surface area contributed by atoms with E-state index in [4.69, 9.17) is 49.5 Å². The van der Waals surface area contributed by atoms with Crippen molar-refractivity contribution in [1.29, 1.82) is 0 Å². The summed E-state index contributed by atoms with van der Waals surface area (Å²) in [4.78, 5) is 44.8. The minimum atomic E-state index is -4.67. The minimum Gasteiger partial charge on any atom is -0.496 e. The quantitative estimate of drug-likeness (QED) is 0.0794. The van der Waals surface area contributed by atoms with Crippen molar-refractivity contribution in [3.05, 3.63) is 220 Å². The summed E-state index contributed by atoms with van der Waals surface area (Å²) in [7, 11) is 6.53. The first-order valence-corrected chi connectivity index (χ1v) is 34.5. The van der Waals surface area contributed by atoms with Crippen LogP contribution < -0.4 is 28.4 Å². The number of nitrogens with zero attached hydrogens (tertiary/aromatic N) is 7. The summed E-state index contributed by atoms with van der Waals surface area (Å²) in [5.41, 5.74) is 5.08. The lowest BCUT2D eigenvalue weighted by Gasteiger charge is -2.45. The second kappa shape index (κ2) is 29.1. The van der Waals surface area contributed by atoms with Gasteiger partial charge in [-0.05, 0) is 123 Å². The molecule has 0 radical (unpaired) electrons. The van der Waals surface area contributed by atoms with Crippen molar-refractivity contribution in [1.82, 2.24) is 33.6 Å². The van der Waals surface area contributed by atoms with Crippen molar-refractivity contribution < 1.29 is 78.6 Å². The molecule has 0 bridgehead atoms. The fourth-order valence-electron chi connectivity index (χ4n) is 14.8. The lowest BCUT2D eigenvalue weighted by molar-refractivity contribution is -0.140. The maximum absolute atomic E-state index is 13.8. The lowest BCUT2D eigenvalue weighted by atomic mass is 9.81. The maximum Gasteiger partial charge on any atom is 0.419 e. The van der Waals surface area contributed by atoms with Gasteiger partial charge in [-0.2, -0.15) is 31.4 Å². The molecule has 540 valence electrons. The van der Waals surface area contributed by atoms with Gasteiger partial charge in [0, 0.05) is 158 Å². The van der Waals surface area contributed by atoms with Gasteiger partial charge in [-0.25, -0.2) is 0 Å². The van der Waals surface area contributed by atoms with Crippen LogP contribution in [-0.2, 0) is 45.7 Å². The third-order valence-electron chi connectivity index (χ3n) is 19.9. The molecular formula is C78H78ClF6N7O11. The zero-order valence-corrected chi connectivity index (χ0v) is 58.5. The Hall–Kier alpha value is -9.91. The predicted molar refractivity (Wildman–Crippen MR) is 372 cm³/mol. The van der Waals surface area contributed by atoms with Crippen LogP contribution >= 0.6 is 11.6 Å². The SMILES string of the molecule is COCCCOc1ccc(C(=O)N2CCC3(CC2)Oc2cc(Cl)ccc2-n2cccc23)cc1C(F)(F)F.COC[C@@H](C)Oc1ccc(C(=O)N2CCC3(CC2)Oc2ccccc2-n2cccc23)cc1C(F)(F)F.COc1ccc(C)cc1C(=O)N1CCC2(CC1)Oc1ccccc1-c1c2cnn1C. The van der Waals surface area contributed by atoms with Gasteiger partial charge in [-0.15, -0.1) is 0 Å². The number of rotatable bonds is 13. The average Bonchev–Trinajstić information content (AvgIpc) is 1.69. The van der Waals surface area contributed by atoms with Crippen molar-refractivity contribution in [2.45, 2.75) is 94.1 Å². The molecule has 103 heavy (non-hydrogen) atoms. The van der Waals surface area contributed by atoms with Crippen LogP contribution in [0.2, 0.25) is 5.02 Å². The predicted octanol–water partition coefficient (Wildman–Crippen LogP) is 15.5. The summed E-state index contributed by atoms with van der Waals surface area (Å²) in [6.07, 6.45) is -0.101. The average molecular weight is 1440 g/mol. The number of hydrogen-bond donors (Lipinski definition) is 0. The van der Waals surface area contributed by atoms with Crippen molar-refractivity contribution in [2.75, 3.05) is 80.4 Å². The van der Waals surface area contributed by atoms with Gasteiger partial charge in [0.2, 0.25) is 0 Å². The molecule has 3 fully saturated rings. The number of benzene rings is 6. The van der Waals surface area contributed by atoms with E-state index in [9.17, 15) is 40.7 Å². The Morgan fingerprint density at radius 1 is 0.563 bits per heavy atom. The number of piperidine rings is 3. The standard InChI is InChI=1S/C27H26ClF3N2O4.C27H27F3N2O4.C24H25N3O3/c1-35-14-3-15-36-22-8-5-18(16-20(22)27(29,30)31)25(34)32-12-9-26(10-13-32)24-4-2-11-33(24)21-7-6-19(28)17-23(21)37-26;1-18(17-34-2)35-22-10-9-19(16-20(22)27(28,29)30)25(33)31-14-11-26(12-15-31)24-8-5-13-32(24)21-6-3-4-7-23(21)36-26;1-16-8-9-20(29-3)18(14-16)23(28)27-12-10-24(11-13-27)19-15-25-26(2)22(19)17-6-4-5-7-21(17)30-24/h2,4-8,11,16-17H,3,9-10,12-15H2,1H3;3-10,13,16,18H,11-12,14-15,17H2,1-2H3;4-9,14-15H,10-13H2,1-3H3/t;18-;/m.1./s1. The molecule has 9 heterocycles. The molecule has 3 aromatic heterocycles. The van der Waals surface area contributed by atoms with Crippen molar-refractivity contribution in [2.24, 2.45) is 7.05 Å². The van der Waals surface area contributed by atoms with Crippen LogP contribution in [0.1, 0.15) is 117 Å². The van der Waals surface area contributed by atoms with Crippen molar-refractivity contribution in [3.63, 3.8) is 0 Å². The summed E-state index contributed by atoms with van der Waals surface area (Å²) in [6, 6.07) is 42.0. The highest BCUT2D eigenvalue weighted by molar-refractivity contribution is 6.30.